The van der Waals surface area contributed by atoms with Crippen LogP contribution in [0.1, 0.15) is 5.69 Å². The van der Waals surface area contributed by atoms with Crippen LogP contribution in [0.2, 0.25) is 0 Å². The average Bonchev–Trinajstić information content (AvgIpc) is 2.82. The van der Waals surface area contributed by atoms with Crippen LogP contribution in [0.3, 0.4) is 0 Å². The molecule has 0 saturated heterocycles. The van der Waals surface area contributed by atoms with E-state index in [-0.39, 0.29) is 0 Å². The molecule has 22 heavy (non-hydrogen) atoms. The van der Waals surface area contributed by atoms with E-state index < -0.39 is 0 Å². The van der Waals surface area contributed by atoms with Gasteiger partial charge in [0.05, 0.1) is 17.1 Å². The van der Waals surface area contributed by atoms with Crippen LogP contribution < -0.4 is 5.73 Å². The Kier molecular flexibility index (Phi) is 4.02. The second-order valence-corrected chi connectivity index (χ2v) is 5.66. The number of nitrogen functional groups attached to an aromatic ring is 1. The van der Waals surface area contributed by atoms with E-state index in [0.717, 1.165) is 21.5 Å². The molecule has 0 radical (unpaired) electrons. The van der Waals surface area contributed by atoms with Crippen molar-refractivity contribution in [2.45, 2.75) is 6.92 Å². The van der Waals surface area contributed by atoms with Gasteiger partial charge >= 0.3 is 0 Å². The molecule has 5 nitrogen and oxygen atoms in total. The molecule has 0 amide bonds. The van der Waals surface area contributed by atoms with Crippen LogP contribution in [0, 0.1) is 6.92 Å². The second-order valence-electron chi connectivity index (χ2n) is 4.74. The maximum Gasteiger partial charge on any atom is 0.155 e. The molecule has 0 fully saturated rings. The number of nitrogens with two attached hydrogens (primary N) is 1. The smallest absolute Gasteiger partial charge is 0.155 e. The standard InChI is InChI=1S/C16H14BrN5/c1-11-15(20-19-13-9-7-12(17)8-10-13)16(18)22(21-11)14-5-3-2-4-6-14/h2-10H,18H2,1H3. The second kappa shape index (κ2) is 6.11. The summed E-state index contributed by atoms with van der Waals surface area (Å²) >= 11 is 3.39. The molecule has 2 aromatic carbocycles. The lowest BCUT2D eigenvalue weighted by Gasteiger charge is -2.02. The topological polar surface area (TPSA) is 68.6 Å². The first-order valence-electron chi connectivity index (χ1n) is 6.73. The SMILES string of the molecule is Cc1nn(-c2ccccc2)c(N)c1N=Nc1ccc(Br)cc1. The zero-order valence-corrected chi connectivity index (χ0v) is 13.5. The predicted molar refractivity (Wildman–Crippen MR) is 91.0 cm³/mol. The first-order valence-corrected chi connectivity index (χ1v) is 7.52. The molecule has 0 aliphatic rings. The summed E-state index contributed by atoms with van der Waals surface area (Å²) in [5.74, 6) is 0.476. The normalized spacial score (nSPS) is 11.2. The lowest BCUT2D eigenvalue weighted by Crippen LogP contribution is -2.01. The number of nitrogens with zero attached hydrogens (tertiary/aromatic N) is 4. The van der Waals surface area contributed by atoms with Crippen LogP contribution >= 0.6 is 15.9 Å². The van der Waals surface area contributed by atoms with Crippen LogP contribution in [0.5, 0.6) is 0 Å². The summed E-state index contributed by atoms with van der Waals surface area (Å²) in [7, 11) is 0. The van der Waals surface area contributed by atoms with Crippen molar-refractivity contribution in [2.24, 2.45) is 10.2 Å². The Morgan fingerprint density at radius 3 is 2.36 bits per heavy atom. The molecule has 0 saturated carbocycles. The zero-order valence-electron chi connectivity index (χ0n) is 11.9. The number of anilines is 1. The molecule has 0 atom stereocenters. The van der Waals surface area contributed by atoms with Crippen LogP contribution in [-0.4, -0.2) is 9.78 Å². The highest BCUT2D eigenvalue weighted by Crippen LogP contribution is 2.30. The summed E-state index contributed by atoms with van der Waals surface area (Å²) in [6.07, 6.45) is 0. The maximum absolute atomic E-state index is 6.16. The molecular weight excluding hydrogens is 342 g/mol. The van der Waals surface area contributed by atoms with Gasteiger partial charge in [-0.2, -0.15) is 10.2 Å². The van der Waals surface area contributed by atoms with Gasteiger partial charge in [-0.25, -0.2) is 4.68 Å². The Hall–Kier alpha value is -2.47. The number of aromatic nitrogens is 2. The summed E-state index contributed by atoms with van der Waals surface area (Å²) in [6.45, 7) is 1.87. The average molecular weight is 356 g/mol. The first kappa shape index (κ1) is 14.5. The highest BCUT2D eigenvalue weighted by Gasteiger charge is 2.13. The van der Waals surface area contributed by atoms with Crippen molar-refractivity contribution in [1.29, 1.82) is 0 Å². The lowest BCUT2D eigenvalue weighted by atomic mass is 10.3. The number of halogens is 1. The van der Waals surface area contributed by atoms with Gasteiger partial charge in [0.1, 0.15) is 0 Å². The van der Waals surface area contributed by atoms with Crippen molar-refractivity contribution in [2.75, 3.05) is 5.73 Å². The van der Waals surface area contributed by atoms with Gasteiger partial charge < -0.3 is 5.73 Å². The van der Waals surface area contributed by atoms with Crippen molar-refractivity contribution >= 4 is 33.1 Å². The Balaban J connectivity index is 1.95. The lowest BCUT2D eigenvalue weighted by molar-refractivity contribution is 0.872. The van der Waals surface area contributed by atoms with Crippen LogP contribution in [-0.2, 0) is 0 Å². The van der Waals surface area contributed by atoms with E-state index in [0.29, 0.717) is 11.5 Å². The molecular formula is C16H14BrN5. The van der Waals surface area contributed by atoms with Crippen LogP contribution in [0.15, 0.2) is 69.3 Å². The Morgan fingerprint density at radius 2 is 1.68 bits per heavy atom. The molecule has 3 rings (SSSR count). The van der Waals surface area contributed by atoms with E-state index in [9.17, 15) is 0 Å². The third kappa shape index (κ3) is 2.92. The van der Waals surface area contributed by atoms with Gasteiger partial charge in [-0.3, -0.25) is 0 Å². The van der Waals surface area contributed by atoms with Crippen molar-refractivity contribution in [1.82, 2.24) is 9.78 Å². The first-order chi connectivity index (χ1) is 10.6. The number of hydrogen-bond acceptors (Lipinski definition) is 4. The van der Waals surface area contributed by atoms with E-state index >= 15 is 0 Å². The molecule has 110 valence electrons. The molecule has 0 aliphatic carbocycles. The number of benzene rings is 2. The van der Waals surface area contributed by atoms with Crippen LogP contribution in [0.4, 0.5) is 17.2 Å². The molecule has 2 N–H and O–H groups in total. The fourth-order valence-corrected chi connectivity index (χ4v) is 2.31. The van der Waals surface area contributed by atoms with Crippen molar-refractivity contribution in [3.05, 3.63) is 64.8 Å². The van der Waals surface area contributed by atoms with Crippen molar-refractivity contribution in [3.8, 4) is 5.69 Å². The molecule has 0 unspecified atom stereocenters. The fourth-order valence-electron chi connectivity index (χ4n) is 2.04. The molecule has 0 bridgehead atoms. The number of aryl methyl sites for hydroxylation is 1. The number of azo groups is 1. The number of hydrogen-bond donors (Lipinski definition) is 1. The highest BCUT2D eigenvalue weighted by molar-refractivity contribution is 9.10. The minimum Gasteiger partial charge on any atom is -0.382 e. The van der Waals surface area contributed by atoms with Gasteiger partial charge in [-0.1, -0.05) is 34.1 Å². The Morgan fingerprint density at radius 1 is 1.00 bits per heavy atom. The minimum atomic E-state index is 0.476. The molecule has 1 aromatic heterocycles. The Bertz CT molecular complexity index is 807. The quantitative estimate of drug-likeness (QED) is 0.675. The van der Waals surface area contributed by atoms with Gasteiger partial charge in [0.15, 0.2) is 11.5 Å². The summed E-state index contributed by atoms with van der Waals surface area (Å²) in [6, 6.07) is 17.3. The summed E-state index contributed by atoms with van der Waals surface area (Å²) in [5.41, 5.74) is 9.15. The maximum atomic E-state index is 6.16. The summed E-state index contributed by atoms with van der Waals surface area (Å²) in [4.78, 5) is 0. The molecule has 1 heterocycles. The largest absolute Gasteiger partial charge is 0.382 e. The molecule has 6 heteroatoms. The summed E-state index contributed by atoms with van der Waals surface area (Å²) in [5, 5.41) is 12.9. The number of para-hydroxylation sites is 1. The highest BCUT2D eigenvalue weighted by atomic mass is 79.9. The van der Waals surface area contributed by atoms with Gasteiger partial charge in [0, 0.05) is 4.47 Å². The molecule has 0 aliphatic heterocycles. The monoisotopic (exact) mass is 355 g/mol. The molecule has 0 spiro atoms. The van der Waals surface area contributed by atoms with Crippen molar-refractivity contribution < 1.29 is 0 Å². The summed E-state index contributed by atoms with van der Waals surface area (Å²) < 4.78 is 2.67. The third-order valence-corrected chi connectivity index (χ3v) is 3.69. The number of rotatable bonds is 3. The van der Waals surface area contributed by atoms with E-state index in [2.05, 4.69) is 31.3 Å². The molecule has 3 aromatic rings. The van der Waals surface area contributed by atoms with Gasteiger partial charge in [-0.15, -0.1) is 5.11 Å². The van der Waals surface area contributed by atoms with E-state index in [1.165, 1.54) is 0 Å². The van der Waals surface area contributed by atoms with E-state index in [4.69, 9.17) is 5.73 Å². The van der Waals surface area contributed by atoms with Gasteiger partial charge in [-0.05, 0) is 43.3 Å². The minimum absolute atomic E-state index is 0.476. The van der Waals surface area contributed by atoms with Crippen LogP contribution in [0.25, 0.3) is 5.69 Å². The van der Waals surface area contributed by atoms with E-state index in [1.807, 2.05) is 61.5 Å². The van der Waals surface area contributed by atoms with Gasteiger partial charge in [0.25, 0.3) is 0 Å². The zero-order chi connectivity index (χ0) is 15.5. The Labute approximate surface area is 136 Å². The van der Waals surface area contributed by atoms with Gasteiger partial charge in [0.2, 0.25) is 0 Å². The fraction of sp³-hybridized carbons (Fsp3) is 0.0625. The third-order valence-electron chi connectivity index (χ3n) is 3.16. The van der Waals surface area contributed by atoms with Crippen molar-refractivity contribution in [3.63, 3.8) is 0 Å². The van der Waals surface area contributed by atoms with E-state index in [1.54, 1.807) is 4.68 Å². The predicted octanol–water partition coefficient (Wildman–Crippen LogP) is 4.94.